The van der Waals surface area contributed by atoms with E-state index in [0.29, 0.717) is 17.1 Å². The van der Waals surface area contributed by atoms with Crippen LogP contribution in [0.25, 0.3) is 0 Å². The lowest BCUT2D eigenvalue weighted by Gasteiger charge is -2.09. The Bertz CT molecular complexity index is 722. The van der Waals surface area contributed by atoms with Crippen LogP contribution in [-0.2, 0) is 0 Å². The lowest BCUT2D eigenvalue weighted by Crippen LogP contribution is -2.19. The van der Waals surface area contributed by atoms with Gasteiger partial charge in [0.15, 0.2) is 11.5 Å². The van der Waals surface area contributed by atoms with Gasteiger partial charge >= 0.3 is 0 Å². The highest BCUT2D eigenvalue weighted by Gasteiger charge is 2.10. The van der Waals surface area contributed by atoms with Crippen LogP contribution in [0.1, 0.15) is 28.4 Å². The summed E-state index contributed by atoms with van der Waals surface area (Å²) in [4.78, 5) is 12.2. The third-order valence-corrected chi connectivity index (χ3v) is 3.44. The van der Waals surface area contributed by atoms with E-state index in [1.165, 1.54) is 12.7 Å². The maximum Gasteiger partial charge on any atom is 0.271 e. The Labute approximate surface area is 135 Å². The molecule has 0 aliphatic rings. The summed E-state index contributed by atoms with van der Waals surface area (Å²) in [6, 6.07) is 12.9. The quantitative estimate of drug-likeness (QED) is 0.681. The van der Waals surface area contributed by atoms with Crippen LogP contribution in [0.3, 0.4) is 0 Å². The molecule has 0 heterocycles. The number of nitrogens with one attached hydrogen (secondary N) is 1. The summed E-state index contributed by atoms with van der Waals surface area (Å²) in [5, 5.41) is 4.14. The first kappa shape index (κ1) is 16.5. The topological polar surface area (TPSA) is 59.9 Å². The average molecular weight is 312 g/mol. The van der Waals surface area contributed by atoms with Crippen molar-refractivity contribution in [2.75, 3.05) is 14.2 Å². The summed E-state index contributed by atoms with van der Waals surface area (Å²) in [7, 11) is 3.08. The fourth-order valence-electron chi connectivity index (χ4n) is 2.04. The second kappa shape index (κ2) is 7.45. The summed E-state index contributed by atoms with van der Waals surface area (Å²) >= 11 is 0. The Morgan fingerprint density at radius 1 is 0.957 bits per heavy atom. The molecule has 0 saturated carbocycles. The SMILES string of the molecule is COc1ccc(C(=O)N/N=C(/C)c2ccc(C)cc2)cc1OC. The third-order valence-electron chi connectivity index (χ3n) is 3.44. The van der Waals surface area contributed by atoms with E-state index in [0.717, 1.165) is 11.3 Å². The minimum atomic E-state index is -0.308. The number of nitrogens with zero attached hydrogens (tertiary/aromatic N) is 1. The van der Waals surface area contributed by atoms with Crippen molar-refractivity contribution in [3.63, 3.8) is 0 Å². The number of benzene rings is 2. The molecule has 2 rings (SSSR count). The predicted molar refractivity (Wildman–Crippen MR) is 90.4 cm³/mol. The number of ether oxygens (including phenoxy) is 2. The molecule has 1 amide bonds. The van der Waals surface area contributed by atoms with Crippen LogP contribution >= 0.6 is 0 Å². The van der Waals surface area contributed by atoms with Gasteiger partial charge in [0.2, 0.25) is 0 Å². The number of methoxy groups -OCH3 is 2. The van der Waals surface area contributed by atoms with E-state index in [4.69, 9.17) is 9.47 Å². The molecule has 0 spiro atoms. The van der Waals surface area contributed by atoms with Crippen molar-refractivity contribution in [1.29, 1.82) is 0 Å². The standard InChI is InChI=1S/C18H20N2O3/c1-12-5-7-14(8-6-12)13(2)19-20-18(21)15-9-10-16(22-3)17(11-15)23-4/h5-11H,1-4H3,(H,20,21)/b19-13-. The van der Waals surface area contributed by atoms with Gasteiger partial charge in [0.25, 0.3) is 5.91 Å². The molecular formula is C18H20N2O3. The van der Waals surface area contributed by atoms with E-state index in [-0.39, 0.29) is 5.91 Å². The van der Waals surface area contributed by atoms with Crippen molar-refractivity contribution >= 4 is 11.6 Å². The molecule has 0 aliphatic heterocycles. The van der Waals surface area contributed by atoms with E-state index in [1.54, 1.807) is 25.3 Å². The fourth-order valence-corrected chi connectivity index (χ4v) is 2.04. The summed E-state index contributed by atoms with van der Waals surface area (Å²) < 4.78 is 10.3. The Morgan fingerprint density at radius 3 is 2.17 bits per heavy atom. The predicted octanol–water partition coefficient (Wildman–Crippen LogP) is 3.17. The average Bonchev–Trinajstić information content (AvgIpc) is 2.59. The highest BCUT2D eigenvalue weighted by molar-refractivity contribution is 6.01. The van der Waals surface area contributed by atoms with E-state index in [9.17, 15) is 4.79 Å². The van der Waals surface area contributed by atoms with Crippen LogP contribution < -0.4 is 14.9 Å². The highest BCUT2D eigenvalue weighted by Crippen LogP contribution is 2.27. The number of hydrogen-bond donors (Lipinski definition) is 1. The van der Waals surface area contributed by atoms with Crippen molar-refractivity contribution in [3.8, 4) is 11.5 Å². The molecule has 0 radical (unpaired) electrons. The lowest BCUT2D eigenvalue weighted by atomic mass is 10.1. The monoisotopic (exact) mass is 312 g/mol. The largest absolute Gasteiger partial charge is 0.493 e. The second-order valence-electron chi connectivity index (χ2n) is 5.07. The Hall–Kier alpha value is -2.82. The van der Waals surface area contributed by atoms with E-state index in [2.05, 4.69) is 10.5 Å². The molecule has 0 saturated heterocycles. The van der Waals surface area contributed by atoms with Crippen molar-refractivity contribution < 1.29 is 14.3 Å². The molecule has 5 heteroatoms. The number of rotatable bonds is 5. The first-order valence-corrected chi connectivity index (χ1v) is 7.19. The van der Waals surface area contributed by atoms with Crippen LogP contribution in [-0.4, -0.2) is 25.8 Å². The van der Waals surface area contributed by atoms with E-state index >= 15 is 0 Å². The Balaban J connectivity index is 2.12. The maximum absolute atomic E-state index is 12.2. The number of hydrogen-bond acceptors (Lipinski definition) is 4. The van der Waals surface area contributed by atoms with Gasteiger partial charge in [-0.3, -0.25) is 4.79 Å². The van der Waals surface area contributed by atoms with Gasteiger partial charge in [-0.2, -0.15) is 5.10 Å². The van der Waals surface area contributed by atoms with Crippen LogP contribution in [0.2, 0.25) is 0 Å². The van der Waals surface area contributed by atoms with Gasteiger partial charge in [0, 0.05) is 5.56 Å². The number of aryl methyl sites for hydroxylation is 1. The van der Waals surface area contributed by atoms with E-state index in [1.807, 2.05) is 38.1 Å². The van der Waals surface area contributed by atoms with Crippen molar-refractivity contribution in [1.82, 2.24) is 5.43 Å². The fraction of sp³-hybridized carbons (Fsp3) is 0.222. The van der Waals surface area contributed by atoms with Gasteiger partial charge in [0.1, 0.15) is 0 Å². The minimum Gasteiger partial charge on any atom is -0.493 e. The van der Waals surface area contributed by atoms with Crippen LogP contribution in [0, 0.1) is 6.92 Å². The molecule has 0 bridgehead atoms. The van der Waals surface area contributed by atoms with Gasteiger partial charge in [-0.25, -0.2) is 5.43 Å². The van der Waals surface area contributed by atoms with Gasteiger partial charge in [-0.1, -0.05) is 29.8 Å². The molecule has 1 N–H and O–H groups in total. The molecule has 0 atom stereocenters. The first-order valence-electron chi connectivity index (χ1n) is 7.19. The molecule has 0 fully saturated rings. The smallest absolute Gasteiger partial charge is 0.271 e. The minimum absolute atomic E-state index is 0.308. The van der Waals surface area contributed by atoms with Crippen LogP contribution in [0.4, 0.5) is 0 Å². The number of carbonyl (C=O) groups excluding carboxylic acids is 1. The molecule has 2 aromatic rings. The second-order valence-corrected chi connectivity index (χ2v) is 5.07. The zero-order valence-corrected chi connectivity index (χ0v) is 13.7. The van der Waals surface area contributed by atoms with Crippen molar-refractivity contribution in [2.24, 2.45) is 5.10 Å². The normalized spacial score (nSPS) is 11.0. The summed E-state index contributed by atoms with van der Waals surface area (Å²) in [6.45, 7) is 3.87. The summed E-state index contributed by atoms with van der Waals surface area (Å²) in [5.74, 6) is 0.764. The van der Waals surface area contributed by atoms with Crippen molar-refractivity contribution in [2.45, 2.75) is 13.8 Å². The molecule has 2 aromatic carbocycles. The molecule has 23 heavy (non-hydrogen) atoms. The number of amides is 1. The molecule has 120 valence electrons. The zero-order valence-electron chi connectivity index (χ0n) is 13.7. The van der Waals surface area contributed by atoms with E-state index < -0.39 is 0 Å². The molecule has 0 unspecified atom stereocenters. The van der Waals surface area contributed by atoms with Gasteiger partial charge in [0.05, 0.1) is 19.9 Å². The molecular weight excluding hydrogens is 292 g/mol. The first-order chi connectivity index (χ1) is 11.0. The number of hydrazone groups is 1. The number of carbonyl (C=O) groups is 1. The summed E-state index contributed by atoms with van der Waals surface area (Å²) in [6.07, 6.45) is 0. The lowest BCUT2D eigenvalue weighted by molar-refractivity contribution is 0.0954. The van der Waals surface area contributed by atoms with Gasteiger partial charge < -0.3 is 9.47 Å². The molecule has 0 aromatic heterocycles. The van der Waals surface area contributed by atoms with Crippen LogP contribution in [0.15, 0.2) is 47.6 Å². The maximum atomic E-state index is 12.2. The van der Waals surface area contributed by atoms with Crippen molar-refractivity contribution in [3.05, 3.63) is 59.2 Å². The highest BCUT2D eigenvalue weighted by atomic mass is 16.5. The van der Waals surface area contributed by atoms with Crippen LogP contribution in [0.5, 0.6) is 11.5 Å². The summed E-state index contributed by atoms with van der Waals surface area (Å²) in [5.41, 5.74) is 5.87. The third kappa shape index (κ3) is 4.10. The Kier molecular flexibility index (Phi) is 5.36. The van der Waals surface area contributed by atoms with Gasteiger partial charge in [-0.05, 0) is 37.6 Å². The molecule has 5 nitrogen and oxygen atoms in total. The zero-order chi connectivity index (χ0) is 16.8. The van der Waals surface area contributed by atoms with Gasteiger partial charge in [-0.15, -0.1) is 0 Å². The Morgan fingerprint density at radius 2 is 1.57 bits per heavy atom. The molecule has 0 aliphatic carbocycles.